The number of carbonyl (C=O) groups is 2. The number of benzene rings is 1. The summed E-state index contributed by atoms with van der Waals surface area (Å²) in [7, 11) is 0. The molecule has 1 aromatic heterocycles. The molecular weight excluding hydrogens is 326 g/mol. The third-order valence-electron chi connectivity index (χ3n) is 5.86. The van der Waals surface area contributed by atoms with Gasteiger partial charge >= 0.3 is 0 Å². The average Bonchev–Trinajstić information content (AvgIpc) is 3.12. The molecule has 2 aliphatic rings. The maximum atomic E-state index is 13.1. The highest BCUT2D eigenvalue weighted by Gasteiger charge is 2.45. The van der Waals surface area contributed by atoms with Gasteiger partial charge in [0, 0.05) is 48.7 Å². The minimum atomic E-state index is -0.227. The lowest BCUT2D eigenvalue weighted by Gasteiger charge is -2.52. The predicted molar refractivity (Wildman–Crippen MR) is 102 cm³/mol. The van der Waals surface area contributed by atoms with Crippen LogP contribution in [0.15, 0.2) is 43.1 Å². The molecule has 26 heavy (non-hydrogen) atoms. The molecule has 5 heteroatoms. The topological polar surface area (TPSA) is 56.4 Å². The molecule has 136 valence electrons. The van der Waals surface area contributed by atoms with Crippen molar-refractivity contribution >= 4 is 22.7 Å². The summed E-state index contributed by atoms with van der Waals surface area (Å²) in [6, 6.07) is 7.77. The van der Waals surface area contributed by atoms with Crippen LogP contribution in [0.25, 0.3) is 10.9 Å². The van der Waals surface area contributed by atoms with Crippen molar-refractivity contribution < 1.29 is 9.59 Å². The number of fused-ring (bicyclic) bond motifs is 1. The highest BCUT2D eigenvalue weighted by molar-refractivity contribution is 5.98. The molecule has 0 unspecified atom stereocenters. The summed E-state index contributed by atoms with van der Waals surface area (Å²) in [5.74, 6) is 0.253. The Kier molecular flexibility index (Phi) is 4.31. The number of hydrogen-bond acceptors (Lipinski definition) is 2. The molecule has 2 aliphatic heterocycles. The smallest absolute Gasteiger partial charge is 0.253 e. The predicted octanol–water partition coefficient (Wildman–Crippen LogP) is 3.34. The first-order valence-electron chi connectivity index (χ1n) is 9.41. The molecule has 0 aliphatic carbocycles. The lowest BCUT2D eigenvalue weighted by Crippen LogP contribution is -2.63. The Morgan fingerprint density at radius 2 is 2.12 bits per heavy atom. The van der Waals surface area contributed by atoms with Gasteiger partial charge in [-0.1, -0.05) is 6.08 Å². The fourth-order valence-corrected chi connectivity index (χ4v) is 4.61. The van der Waals surface area contributed by atoms with Crippen LogP contribution < -0.4 is 0 Å². The van der Waals surface area contributed by atoms with Crippen LogP contribution in [0, 0.1) is 0 Å². The van der Waals surface area contributed by atoms with Gasteiger partial charge in [0.1, 0.15) is 0 Å². The first-order chi connectivity index (χ1) is 12.6. The number of piperidine rings is 2. The Hall–Kier alpha value is -2.56. The van der Waals surface area contributed by atoms with E-state index >= 15 is 0 Å². The van der Waals surface area contributed by atoms with Gasteiger partial charge in [0.05, 0.1) is 5.54 Å². The van der Waals surface area contributed by atoms with Gasteiger partial charge in [0.2, 0.25) is 5.91 Å². The zero-order chi connectivity index (χ0) is 18.1. The van der Waals surface area contributed by atoms with E-state index in [0.29, 0.717) is 25.1 Å². The highest BCUT2D eigenvalue weighted by Crippen LogP contribution is 2.37. The quantitative estimate of drug-likeness (QED) is 0.862. The number of nitrogens with zero attached hydrogens (tertiary/aromatic N) is 2. The summed E-state index contributed by atoms with van der Waals surface area (Å²) in [5, 5.41) is 1.05. The molecule has 0 bridgehead atoms. The number of aromatic amines is 1. The van der Waals surface area contributed by atoms with Gasteiger partial charge in [-0.25, -0.2) is 0 Å². The molecule has 3 heterocycles. The Labute approximate surface area is 153 Å². The van der Waals surface area contributed by atoms with E-state index in [-0.39, 0.29) is 17.4 Å². The van der Waals surface area contributed by atoms with Gasteiger partial charge in [-0.3, -0.25) is 9.59 Å². The number of nitrogens with one attached hydrogen (secondary N) is 1. The van der Waals surface area contributed by atoms with E-state index in [1.807, 2.05) is 40.3 Å². The van der Waals surface area contributed by atoms with Crippen molar-refractivity contribution in [2.75, 3.05) is 19.6 Å². The number of amides is 2. The largest absolute Gasteiger partial charge is 0.361 e. The summed E-state index contributed by atoms with van der Waals surface area (Å²) in [6.45, 7) is 5.75. The van der Waals surface area contributed by atoms with Crippen LogP contribution in [0.1, 0.15) is 42.5 Å². The van der Waals surface area contributed by atoms with E-state index < -0.39 is 0 Å². The summed E-state index contributed by atoms with van der Waals surface area (Å²) < 4.78 is 0. The van der Waals surface area contributed by atoms with E-state index in [0.717, 1.165) is 43.1 Å². The molecule has 2 aromatic rings. The minimum absolute atomic E-state index is 0.0590. The molecule has 1 spiro atoms. The van der Waals surface area contributed by atoms with Crippen molar-refractivity contribution in [2.45, 2.75) is 37.6 Å². The Bertz CT molecular complexity index is 852. The Morgan fingerprint density at radius 1 is 1.27 bits per heavy atom. The van der Waals surface area contributed by atoms with Crippen LogP contribution in [-0.4, -0.2) is 51.8 Å². The fourth-order valence-electron chi connectivity index (χ4n) is 4.61. The van der Waals surface area contributed by atoms with E-state index in [9.17, 15) is 9.59 Å². The Balaban J connectivity index is 1.59. The lowest BCUT2D eigenvalue weighted by molar-refractivity contribution is -0.143. The summed E-state index contributed by atoms with van der Waals surface area (Å²) in [5.41, 5.74) is 1.52. The first-order valence-corrected chi connectivity index (χ1v) is 9.41. The second-order valence-corrected chi connectivity index (χ2v) is 7.48. The standard InChI is InChI=1S/C21H25N3O2/c1-2-12-24-19(25)5-3-9-21(24)10-4-13-23(15-21)20(26)17-6-7-18-16(14-17)8-11-22-18/h2,6-8,11,14,22H,1,3-5,9-10,12-13,15H2/t21-/m1/s1. The van der Waals surface area contributed by atoms with Gasteiger partial charge in [-0.05, 0) is 49.9 Å². The van der Waals surface area contributed by atoms with Crippen molar-refractivity contribution in [3.8, 4) is 0 Å². The van der Waals surface area contributed by atoms with E-state index in [2.05, 4.69) is 11.6 Å². The molecular formula is C21H25N3O2. The molecule has 2 amide bonds. The van der Waals surface area contributed by atoms with Crippen LogP contribution in [0.5, 0.6) is 0 Å². The maximum absolute atomic E-state index is 13.1. The maximum Gasteiger partial charge on any atom is 0.253 e. The van der Waals surface area contributed by atoms with Gasteiger partial charge in [0.25, 0.3) is 5.91 Å². The SMILES string of the molecule is C=CCN1C(=O)CCC[C@]12CCCN(C(=O)c1ccc3[nH]ccc3c1)C2. The number of aromatic nitrogens is 1. The number of H-pyrrole nitrogens is 1. The van der Waals surface area contributed by atoms with Crippen LogP contribution in [0.2, 0.25) is 0 Å². The number of likely N-dealkylation sites (tertiary alicyclic amines) is 2. The van der Waals surface area contributed by atoms with Crippen LogP contribution in [-0.2, 0) is 4.79 Å². The average molecular weight is 351 g/mol. The van der Waals surface area contributed by atoms with E-state index in [4.69, 9.17) is 0 Å². The number of carbonyl (C=O) groups excluding carboxylic acids is 2. The van der Waals surface area contributed by atoms with Crippen LogP contribution in [0.4, 0.5) is 0 Å². The number of rotatable bonds is 3. The van der Waals surface area contributed by atoms with Crippen LogP contribution >= 0.6 is 0 Å². The highest BCUT2D eigenvalue weighted by atomic mass is 16.2. The molecule has 0 radical (unpaired) electrons. The van der Waals surface area contributed by atoms with Gasteiger partial charge in [0.15, 0.2) is 0 Å². The normalized spacial score (nSPS) is 23.6. The second kappa shape index (κ2) is 6.63. The lowest BCUT2D eigenvalue weighted by atomic mass is 9.79. The van der Waals surface area contributed by atoms with E-state index in [1.54, 1.807) is 6.08 Å². The van der Waals surface area contributed by atoms with Gasteiger partial charge < -0.3 is 14.8 Å². The fraction of sp³-hybridized carbons (Fsp3) is 0.429. The monoisotopic (exact) mass is 351 g/mol. The van der Waals surface area contributed by atoms with Crippen molar-refractivity contribution in [3.05, 3.63) is 48.7 Å². The second-order valence-electron chi connectivity index (χ2n) is 7.48. The Morgan fingerprint density at radius 3 is 2.96 bits per heavy atom. The molecule has 1 N–H and O–H groups in total. The van der Waals surface area contributed by atoms with Crippen molar-refractivity contribution in [1.82, 2.24) is 14.8 Å². The third-order valence-corrected chi connectivity index (χ3v) is 5.86. The molecule has 1 aromatic carbocycles. The van der Waals surface area contributed by atoms with Crippen molar-refractivity contribution in [1.29, 1.82) is 0 Å². The summed E-state index contributed by atoms with van der Waals surface area (Å²) >= 11 is 0. The molecule has 2 fully saturated rings. The molecule has 1 atom stereocenters. The van der Waals surface area contributed by atoms with E-state index in [1.165, 1.54) is 0 Å². The van der Waals surface area contributed by atoms with Gasteiger partial charge in [-0.15, -0.1) is 6.58 Å². The van der Waals surface area contributed by atoms with Gasteiger partial charge in [-0.2, -0.15) is 0 Å². The first kappa shape index (κ1) is 16.9. The molecule has 0 saturated carbocycles. The van der Waals surface area contributed by atoms with Crippen molar-refractivity contribution in [2.24, 2.45) is 0 Å². The zero-order valence-corrected chi connectivity index (χ0v) is 15.0. The number of hydrogen-bond donors (Lipinski definition) is 1. The molecule has 4 rings (SSSR count). The van der Waals surface area contributed by atoms with Crippen LogP contribution in [0.3, 0.4) is 0 Å². The zero-order valence-electron chi connectivity index (χ0n) is 15.0. The summed E-state index contributed by atoms with van der Waals surface area (Å²) in [6.07, 6.45) is 8.05. The third kappa shape index (κ3) is 2.81. The minimum Gasteiger partial charge on any atom is -0.361 e. The summed E-state index contributed by atoms with van der Waals surface area (Å²) in [4.78, 5) is 32.7. The van der Waals surface area contributed by atoms with Crippen molar-refractivity contribution in [3.63, 3.8) is 0 Å². The molecule has 2 saturated heterocycles. The molecule has 5 nitrogen and oxygen atoms in total.